The molecule has 0 spiro atoms. The molecule has 0 fully saturated rings. The van der Waals surface area contributed by atoms with Crippen LogP contribution in [0.2, 0.25) is 4.34 Å². The van der Waals surface area contributed by atoms with Crippen LogP contribution in [0.3, 0.4) is 0 Å². The van der Waals surface area contributed by atoms with Gasteiger partial charge in [0.05, 0.1) is 11.4 Å². The van der Waals surface area contributed by atoms with Gasteiger partial charge in [0.1, 0.15) is 10.6 Å². The van der Waals surface area contributed by atoms with Crippen LogP contribution in [0.5, 0.6) is 5.75 Å². The minimum Gasteiger partial charge on any atom is -0.497 e. The van der Waals surface area contributed by atoms with Gasteiger partial charge in [0.25, 0.3) is 5.91 Å². The molecule has 0 aliphatic heterocycles. The molecule has 1 aromatic heterocycles. The summed E-state index contributed by atoms with van der Waals surface area (Å²) < 4.78 is 10.4. The minimum absolute atomic E-state index is 0.359. The predicted octanol–water partition coefficient (Wildman–Crippen LogP) is 3.21. The minimum atomic E-state index is -0.572. The number of anilines is 1. The number of amides is 1. The van der Waals surface area contributed by atoms with E-state index in [0.717, 1.165) is 11.3 Å². The quantitative estimate of drug-likeness (QED) is 0.857. The summed E-state index contributed by atoms with van der Waals surface area (Å²) in [5.74, 6) is -0.304. The number of hydrogen-bond acceptors (Lipinski definition) is 5. The Morgan fingerprint density at radius 2 is 1.90 bits per heavy atom. The van der Waals surface area contributed by atoms with Gasteiger partial charge in [-0.15, -0.1) is 11.3 Å². The molecule has 0 atom stereocenters. The van der Waals surface area contributed by atoms with Crippen molar-refractivity contribution in [2.75, 3.05) is 19.0 Å². The van der Waals surface area contributed by atoms with Crippen molar-refractivity contribution in [3.63, 3.8) is 0 Å². The van der Waals surface area contributed by atoms with E-state index in [1.807, 2.05) is 0 Å². The zero-order valence-corrected chi connectivity index (χ0v) is 12.7. The maximum Gasteiger partial charge on any atom is 0.348 e. The lowest BCUT2D eigenvalue weighted by Crippen LogP contribution is -2.20. The Bertz CT molecular complexity index is 639. The molecule has 1 amide bonds. The topological polar surface area (TPSA) is 64.6 Å². The first-order valence-electron chi connectivity index (χ1n) is 5.95. The van der Waals surface area contributed by atoms with Crippen molar-refractivity contribution in [1.29, 1.82) is 0 Å². The third kappa shape index (κ3) is 4.47. The molecule has 1 aromatic carbocycles. The van der Waals surface area contributed by atoms with Crippen LogP contribution in [-0.4, -0.2) is 25.6 Å². The van der Waals surface area contributed by atoms with E-state index in [0.29, 0.717) is 20.7 Å². The number of benzene rings is 1. The van der Waals surface area contributed by atoms with Crippen LogP contribution in [0, 0.1) is 0 Å². The largest absolute Gasteiger partial charge is 0.497 e. The molecule has 1 heterocycles. The van der Waals surface area contributed by atoms with Crippen molar-refractivity contribution in [2.45, 2.75) is 0 Å². The number of halogens is 1. The average molecular weight is 326 g/mol. The Balaban J connectivity index is 1.82. The molecule has 0 aliphatic carbocycles. The van der Waals surface area contributed by atoms with Crippen molar-refractivity contribution >= 4 is 40.5 Å². The van der Waals surface area contributed by atoms with E-state index in [9.17, 15) is 9.59 Å². The van der Waals surface area contributed by atoms with Gasteiger partial charge in [-0.3, -0.25) is 4.79 Å². The fourth-order valence-electron chi connectivity index (χ4n) is 1.50. The third-order valence-corrected chi connectivity index (χ3v) is 3.69. The molecule has 0 radical (unpaired) electrons. The standard InChI is InChI=1S/C14H12ClNO4S/c1-19-10-4-2-9(3-5-10)16-13(17)8-20-14(18)11-6-7-12(15)21-11/h2-7H,8H2,1H3,(H,16,17). The first-order chi connectivity index (χ1) is 10.1. The monoisotopic (exact) mass is 325 g/mol. The van der Waals surface area contributed by atoms with E-state index in [1.54, 1.807) is 43.5 Å². The van der Waals surface area contributed by atoms with Crippen LogP contribution in [-0.2, 0) is 9.53 Å². The molecule has 0 bridgehead atoms. The second kappa shape index (κ2) is 7.10. The summed E-state index contributed by atoms with van der Waals surface area (Å²) >= 11 is 6.82. The summed E-state index contributed by atoms with van der Waals surface area (Å²) in [6.07, 6.45) is 0. The number of methoxy groups -OCH3 is 1. The normalized spacial score (nSPS) is 10.0. The molecular weight excluding hydrogens is 314 g/mol. The van der Waals surface area contributed by atoms with Gasteiger partial charge in [-0.1, -0.05) is 11.6 Å². The summed E-state index contributed by atoms with van der Waals surface area (Å²) in [6, 6.07) is 9.97. The highest BCUT2D eigenvalue weighted by Gasteiger charge is 2.12. The first kappa shape index (κ1) is 15.3. The summed E-state index contributed by atoms with van der Waals surface area (Å²) in [5, 5.41) is 2.61. The number of hydrogen-bond donors (Lipinski definition) is 1. The van der Waals surface area contributed by atoms with Crippen molar-refractivity contribution in [1.82, 2.24) is 0 Å². The van der Waals surface area contributed by atoms with E-state index < -0.39 is 11.9 Å². The highest BCUT2D eigenvalue weighted by molar-refractivity contribution is 7.17. The van der Waals surface area contributed by atoms with Gasteiger partial charge in [0.2, 0.25) is 0 Å². The van der Waals surface area contributed by atoms with Crippen molar-refractivity contribution < 1.29 is 19.1 Å². The Kier molecular flexibility index (Phi) is 5.19. The van der Waals surface area contributed by atoms with Gasteiger partial charge in [0.15, 0.2) is 6.61 Å². The fraction of sp³-hybridized carbons (Fsp3) is 0.143. The second-order valence-electron chi connectivity index (χ2n) is 3.96. The molecule has 110 valence electrons. The van der Waals surface area contributed by atoms with E-state index in [1.165, 1.54) is 0 Å². The van der Waals surface area contributed by atoms with E-state index in [4.69, 9.17) is 21.1 Å². The van der Waals surface area contributed by atoms with Crippen LogP contribution in [0.15, 0.2) is 36.4 Å². The summed E-state index contributed by atoms with van der Waals surface area (Å²) in [5.41, 5.74) is 0.594. The molecule has 2 aromatic rings. The lowest BCUT2D eigenvalue weighted by Gasteiger charge is -2.06. The Hall–Kier alpha value is -2.05. The number of carbonyl (C=O) groups is 2. The summed E-state index contributed by atoms with van der Waals surface area (Å²) in [4.78, 5) is 23.7. The van der Waals surface area contributed by atoms with E-state index in [-0.39, 0.29) is 6.61 Å². The molecule has 21 heavy (non-hydrogen) atoms. The first-order valence-corrected chi connectivity index (χ1v) is 7.14. The fourth-order valence-corrected chi connectivity index (χ4v) is 2.43. The van der Waals surface area contributed by atoms with Crippen LogP contribution in [0.25, 0.3) is 0 Å². The van der Waals surface area contributed by atoms with Crippen LogP contribution in [0.4, 0.5) is 5.69 Å². The number of ether oxygens (including phenoxy) is 2. The van der Waals surface area contributed by atoms with Crippen LogP contribution in [0.1, 0.15) is 9.67 Å². The molecule has 2 rings (SSSR count). The average Bonchev–Trinajstić information content (AvgIpc) is 2.92. The van der Waals surface area contributed by atoms with Crippen LogP contribution >= 0.6 is 22.9 Å². The maximum atomic E-state index is 11.7. The van der Waals surface area contributed by atoms with Crippen molar-refractivity contribution in [3.05, 3.63) is 45.6 Å². The van der Waals surface area contributed by atoms with Gasteiger partial charge in [-0.05, 0) is 36.4 Å². The zero-order chi connectivity index (χ0) is 15.2. The Morgan fingerprint density at radius 3 is 2.48 bits per heavy atom. The lowest BCUT2D eigenvalue weighted by molar-refractivity contribution is -0.119. The zero-order valence-electron chi connectivity index (χ0n) is 11.1. The number of rotatable bonds is 5. The number of carbonyl (C=O) groups excluding carboxylic acids is 2. The van der Waals surface area contributed by atoms with Crippen LogP contribution < -0.4 is 10.1 Å². The summed E-state index contributed by atoms with van der Waals surface area (Å²) in [6.45, 7) is -0.361. The highest BCUT2D eigenvalue weighted by Crippen LogP contribution is 2.22. The molecule has 0 unspecified atom stereocenters. The summed E-state index contributed by atoms with van der Waals surface area (Å²) in [7, 11) is 1.56. The molecule has 5 nitrogen and oxygen atoms in total. The van der Waals surface area contributed by atoms with Gasteiger partial charge < -0.3 is 14.8 Å². The maximum absolute atomic E-state index is 11.7. The van der Waals surface area contributed by atoms with Gasteiger partial charge in [-0.25, -0.2) is 4.79 Å². The third-order valence-electron chi connectivity index (χ3n) is 2.48. The number of thiophene rings is 1. The number of esters is 1. The molecule has 0 aliphatic rings. The molecular formula is C14H12ClNO4S. The van der Waals surface area contributed by atoms with E-state index >= 15 is 0 Å². The van der Waals surface area contributed by atoms with E-state index in [2.05, 4.69) is 5.32 Å². The smallest absolute Gasteiger partial charge is 0.348 e. The highest BCUT2D eigenvalue weighted by atomic mass is 35.5. The second-order valence-corrected chi connectivity index (χ2v) is 5.67. The molecule has 1 N–H and O–H groups in total. The van der Waals surface area contributed by atoms with Gasteiger partial charge >= 0.3 is 5.97 Å². The van der Waals surface area contributed by atoms with Crippen molar-refractivity contribution in [2.24, 2.45) is 0 Å². The lowest BCUT2D eigenvalue weighted by atomic mass is 10.3. The predicted molar refractivity (Wildman–Crippen MR) is 81.2 cm³/mol. The SMILES string of the molecule is COc1ccc(NC(=O)COC(=O)c2ccc(Cl)s2)cc1. The number of nitrogens with one attached hydrogen (secondary N) is 1. The molecule has 7 heteroatoms. The molecule has 0 saturated carbocycles. The van der Waals surface area contributed by atoms with Crippen molar-refractivity contribution in [3.8, 4) is 5.75 Å². The Labute approximate surface area is 130 Å². The van der Waals surface area contributed by atoms with Gasteiger partial charge in [-0.2, -0.15) is 0 Å². The van der Waals surface area contributed by atoms with Gasteiger partial charge in [0, 0.05) is 5.69 Å². The molecule has 0 saturated heterocycles. The Morgan fingerprint density at radius 1 is 1.19 bits per heavy atom.